The third-order valence-corrected chi connectivity index (χ3v) is 2.24. The van der Waals surface area contributed by atoms with Crippen LogP contribution in [0.2, 0.25) is 0 Å². The minimum Gasteiger partial charge on any atom is -0.359 e. The smallest absolute Gasteiger partial charge is 0.0944 e. The van der Waals surface area contributed by atoms with E-state index in [1.54, 1.807) is 13.0 Å². The van der Waals surface area contributed by atoms with E-state index in [4.69, 9.17) is 5.26 Å². The third kappa shape index (κ3) is 5.91. The van der Waals surface area contributed by atoms with Gasteiger partial charge < -0.3 is 5.32 Å². The maximum absolute atomic E-state index is 8.61. The van der Waals surface area contributed by atoms with Crippen LogP contribution in [-0.4, -0.2) is 0 Å². The Morgan fingerprint density at radius 2 is 1.78 bits per heavy atom. The van der Waals surface area contributed by atoms with Crippen molar-refractivity contribution >= 4 is 5.69 Å². The lowest BCUT2D eigenvalue weighted by Crippen LogP contribution is -1.96. The van der Waals surface area contributed by atoms with Gasteiger partial charge in [0.1, 0.15) is 0 Å². The Hall–Kier alpha value is -2.01. The summed E-state index contributed by atoms with van der Waals surface area (Å²) in [5, 5.41) is 11.9. The molecule has 0 fully saturated rings. The van der Waals surface area contributed by atoms with Crippen molar-refractivity contribution in [1.29, 1.82) is 5.26 Å². The highest BCUT2D eigenvalue weighted by Gasteiger charge is 1.95. The molecule has 18 heavy (non-hydrogen) atoms. The highest BCUT2D eigenvalue weighted by Crippen LogP contribution is 2.15. The lowest BCUT2D eigenvalue weighted by Gasteiger charge is -2.08. The van der Waals surface area contributed by atoms with Gasteiger partial charge in [0.25, 0.3) is 0 Å². The Morgan fingerprint density at radius 3 is 2.33 bits per heavy atom. The van der Waals surface area contributed by atoms with Crippen molar-refractivity contribution in [3.8, 4) is 6.07 Å². The van der Waals surface area contributed by atoms with Crippen LogP contribution in [0.5, 0.6) is 0 Å². The summed E-state index contributed by atoms with van der Waals surface area (Å²) in [6.45, 7) is 9.83. The number of anilines is 1. The number of hydrogen-bond donors (Lipinski definition) is 1. The van der Waals surface area contributed by atoms with Crippen LogP contribution in [0.4, 0.5) is 5.69 Å². The SMILES string of the molecule is C/C(C#N)=C\C=C(/C)Nc1ccccc1C.CC. The number of hydrogen-bond acceptors (Lipinski definition) is 2. The monoisotopic (exact) mass is 242 g/mol. The maximum Gasteiger partial charge on any atom is 0.0944 e. The van der Waals surface area contributed by atoms with Crippen molar-refractivity contribution in [2.24, 2.45) is 0 Å². The van der Waals surface area contributed by atoms with Gasteiger partial charge in [-0.2, -0.15) is 5.26 Å². The molecule has 1 rings (SSSR count). The van der Waals surface area contributed by atoms with Crippen LogP contribution >= 0.6 is 0 Å². The summed E-state index contributed by atoms with van der Waals surface area (Å²) < 4.78 is 0. The Kier molecular flexibility index (Phi) is 8.05. The zero-order valence-corrected chi connectivity index (χ0v) is 11.9. The van der Waals surface area contributed by atoms with Crippen molar-refractivity contribution in [3.05, 3.63) is 53.3 Å². The molecule has 0 bridgehead atoms. The molecule has 1 aromatic rings. The summed E-state index contributed by atoms with van der Waals surface area (Å²) in [6, 6.07) is 10.2. The minimum absolute atomic E-state index is 0.700. The van der Waals surface area contributed by atoms with E-state index in [-0.39, 0.29) is 0 Å². The van der Waals surface area contributed by atoms with Gasteiger partial charge in [0.15, 0.2) is 0 Å². The van der Waals surface area contributed by atoms with Crippen LogP contribution in [-0.2, 0) is 0 Å². The van der Waals surface area contributed by atoms with Crippen LogP contribution in [0.25, 0.3) is 0 Å². The van der Waals surface area contributed by atoms with Crippen molar-refractivity contribution in [1.82, 2.24) is 0 Å². The first-order chi connectivity index (χ1) is 8.63. The third-order valence-electron chi connectivity index (χ3n) is 2.24. The van der Waals surface area contributed by atoms with E-state index in [1.165, 1.54) is 5.56 Å². The molecular formula is C16H22N2. The molecule has 0 saturated heterocycles. The average molecular weight is 242 g/mol. The first-order valence-electron chi connectivity index (χ1n) is 6.21. The van der Waals surface area contributed by atoms with Gasteiger partial charge in [-0.3, -0.25) is 0 Å². The van der Waals surface area contributed by atoms with Crippen LogP contribution in [0.3, 0.4) is 0 Å². The van der Waals surface area contributed by atoms with E-state index in [9.17, 15) is 0 Å². The minimum atomic E-state index is 0.700. The number of benzene rings is 1. The molecule has 0 saturated carbocycles. The number of para-hydroxylation sites is 1. The second-order valence-electron chi connectivity index (χ2n) is 3.75. The zero-order valence-electron chi connectivity index (χ0n) is 11.9. The largest absolute Gasteiger partial charge is 0.359 e. The molecule has 0 aromatic heterocycles. The first-order valence-corrected chi connectivity index (χ1v) is 6.21. The average Bonchev–Trinajstić information content (AvgIpc) is 2.41. The molecule has 0 heterocycles. The Balaban J connectivity index is 0.00000137. The van der Waals surface area contributed by atoms with Gasteiger partial charge in [-0.25, -0.2) is 0 Å². The number of nitriles is 1. The van der Waals surface area contributed by atoms with Crippen LogP contribution in [0, 0.1) is 18.3 Å². The Bertz CT molecular complexity index is 462. The Labute approximate surface area is 111 Å². The van der Waals surface area contributed by atoms with Gasteiger partial charge in [-0.15, -0.1) is 0 Å². The van der Waals surface area contributed by atoms with E-state index >= 15 is 0 Å². The molecular weight excluding hydrogens is 220 g/mol. The van der Waals surface area contributed by atoms with E-state index in [1.807, 2.05) is 45.0 Å². The van der Waals surface area contributed by atoms with Crippen molar-refractivity contribution < 1.29 is 0 Å². The topological polar surface area (TPSA) is 35.8 Å². The summed E-state index contributed by atoms with van der Waals surface area (Å²) in [4.78, 5) is 0. The quantitative estimate of drug-likeness (QED) is 0.610. The van der Waals surface area contributed by atoms with Gasteiger partial charge in [0, 0.05) is 17.0 Å². The Morgan fingerprint density at radius 1 is 1.17 bits per heavy atom. The molecule has 0 amide bonds. The first kappa shape index (κ1) is 16.0. The molecule has 1 aromatic carbocycles. The normalized spacial score (nSPS) is 11.1. The van der Waals surface area contributed by atoms with E-state index in [0.717, 1.165) is 11.4 Å². The van der Waals surface area contributed by atoms with E-state index in [0.29, 0.717) is 5.57 Å². The molecule has 0 atom stereocenters. The summed E-state index contributed by atoms with van der Waals surface area (Å²) in [5.74, 6) is 0. The van der Waals surface area contributed by atoms with Gasteiger partial charge in [-0.05, 0) is 44.6 Å². The highest BCUT2D eigenvalue weighted by molar-refractivity contribution is 5.54. The molecule has 1 N–H and O–H groups in total. The van der Waals surface area contributed by atoms with Crippen LogP contribution in [0.1, 0.15) is 33.3 Å². The molecule has 0 spiro atoms. The lowest BCUT2D eigenvalue weighted by atomic mass is 10.2. The number of nitrogens with zero attached hydrogens (tertiary/aromatic N) is 1. The number of rotatable bonds is 3. The summed E-state index contributed by atoms with van der Waals surface area (Å²) in [7, 11) is 0. The van der Waals surface area contributed by atoms with Crippen LogP contribution in [0.15, 0.2) is 47.7 Å². The van der Waals surface area contributed by atoms with Gasteiger partial charge in [0.2, 0.25) is 0 Å². The van der Waals surface area contributed by atoms with Gasteiger partial charge in [0.05, 0.1) is 6.07 Å². The molecule has 0 aliphatic heterocycles. The predicted octanol–water partition coefficient (Wildman–Crippen LogP) is 4.81. The second kappa shape index (κ2) is 9.07. The fourth-order valence-corrected chi connectivity index (χ4v) is 1.25. The number of nitrogens with one attached hydrogen (secondary N) is 1. The molecule has 0 aliphatic carbocycles. The number of aryl methyl sites for hydroxylation is 1. The molecule has 96 valence electrons. The maximum atomic E-state index is 8.61. The predicted molar refractivity (Wildman–Crippen MR) is 79.3 cm³/mol. The summed E-state index contributed by atoms with van der Waals surface area (Å²) in [5.41, 5.74) is 4.02. The zero-order chi connectivity index (χ0) is 14.0. The molecule has 2 heteroatoms. The van der Waals surface area contributed by atoms with Crippen molar-refractivity contribution in [3.63, 3.8) is 0 Å². The fourth-order valence-electron chi connectivity index (χ4n) is 1.25. The molecule has 0 radical (unpaired) electrons. The van der Waals surface area contributed by atoms with Crippen molar-refractivity contribution in [2.45, 2.75) is 34.6 Å². The second-order valence-corrected chi connectivity index (χ2v) is 3.75. The van der Waals surface area contributed by atoms with Crippen LogP contribution < -0.4 is 5.32 Å². The standard InChI is InChI=1S/C14H16N2.C2H6/c1-11(10-15)8-9-13(3)16-14-7-5-4-6-12(14)2;1-2/h4-9,16H,1-3H3;1-2H3/b11-8+,13-9+;. The fraction of sp³-hybridized carbons (Fsp3) is 0.312. The summed E-state index contributed by atoms with van der Waals surface area (Å²) >= 11 is 0. The summed E-state index contributed by atoms with van der Waals surface area (Å²) in [6.07, 6.45) is 3.71. The number of allylic oxidation sites excluding steroid dienone is 4. The molecule has 0 aliphatic rings. The van der Waals surface area contributed by atoms with Crippen molar-refractivity contribution in [2.75, 3.05) is 5.32 Å². The lowest BCUT2D eigenvalue weighted by molar-refractivity contribution is 1.33. The molecule has 2 nitrogen and oxygen atoms in total. The van der Waals surface area contributed by atoms with Gasteiger partial charge >= 0.3 is 0 Å². The van der Waals surface area contributed by atoms with Gasteiger partial charge in [-0.1, -0.05) is 32.0 Å². The van der Waals surface area contributed by atoms with E-state index in [2.05, 4.69) is 24.4 Å². The van der Waals surface area contributed by atoms with E-state index < -0.39 is 0 Å². The highest BCUT2D eigenvalue weighted by atomic mass is 14.9. The molecule has 0 unspecified atom stereocenters.